The Kier molecular flexibility index (Phi) is 3.12. The van der Waals surface area contributed by atoms with E-state index in [0.717, 1.165) is 18.2 Å². The van der Waals surface area contributed by atoms with Crippen LogP contribution in [0, 0.1) is 0 Å². The van der Waals surface area contributed by atoms with Crippen LogP contribution in [-0.4, -0.2) is 8.76 Å². The van der Waals surface area contributed by atoms with Gasteiger partial charge in [-0.25, -0.2) is 4.21 Å². The van der Waals surface area contributed by atoms with Gasteiger partial charge in [-0.2, -0.15) is 13.2 Å². The fraction of sp³-hybridized carbons (Fsp3) is 0.143. The normalized spacial score (nSPS) is 13.7. The summed E-state index contributed by atoms with van der Waals surface area (Å²) >= 11 is -3.01. The minimum atomic E-state index is -4.63. The van der Waals surface area contributed by atoms with Crippen molar-refractivity contribution in [2.24, 2.45) is 0 Å². The lowest BCUT2D eigenvalue weighted by Crippen LogP contribution is -2.09. The van der Waals surface area contributed by atoms with E-state index in [1.807, 2.05) is 0 Å². The molecule has 1 unspecified atom stereocenters. The second kappa shape index (κ2) is 3.97. The molecule has 0 saturated carbocycles. The van der Waals surface area contributed by atoms with E-state index >= 15 is 0 Å². The van der Waals surface area contributed by atoms with Gasteiger partial charge in [-0.3, -0.25) is 0 Å². The predicted octanol–water partition coefficient (Wildman–Crippen LogP) is 1.88. The van der Waals surface area contributed by atoms with Crippen LogP contribution in [0.2, 0.25) is 0 Å². The van der Waals surface area contributed by atoms with Gasteiger partial charge in [-0.1, -0.05) is 12.1 Å². The number of para-hydroxylation sites is 1. The fourth-order valence-electron chi connectivity index (χ4n) is 0.847. The zero-order chi connectivity index (χ0) is 10.8. The molecule has 0 amide bonds. The Labute approximate surface area is 80.0 Å². The molecule has 0 saturated heterocycles. The highest BCUT2D eigenvalue weighted by Crippen LogP contribution is 2.35. The Morgan fingerprint density at radius 1 is 1.29 bits per heavy atom. The lowest BCUT2D eigenvalue weighted by atomic mass is 10.2. The van der Waals surface area contributed by atoms with E-state index in [0.29, 0.717) is 0 Å². The summed E-state index contributed by atoms with van der Waals surface area (Å²) in [6, 6.07) is 4.06. The van der Waals surface area contributed by atoms with Crippen molar-refractivity contribution in [1.82, 2.24) is 0 Å². The van der Waals surface area contributed by atoms with Crippen LogP contribution in [0.25, 0.3) is 0 Å². The maximum atomic E-state index is 12.2. The van der Waals surface area contributed by atoms with Gasteiger partial charge in [0.1, 0.15) is 11.4 Å². The molecule has 0 aliphatic rings. The molecule has 1 aromatic carbocycles. The minimum absolute atomic E-state index is 0.728. The van der Waals surface area contributed by atoms with E-state index in [1.165, 1.54) is 6.07 Å². The average molecular weight is 225 g/mol. The van der Waals surface area contributed by atoms with Gasteiger partial charge in [-0.05, 0) is 12.1 Å². The number of halogens is 3. The van der Waals surface area contributed by atoms with Crippen molar-refractivity contribution < 1.29 is 26.1 Å². The maximum Gasteiger partial charge on any atom is 0.420 e. The lowest BCUT2D eigenvalue weighted by Gasteiger charge is -2.13. The van der Waals surface area contributed by atoms with Crippen LogP contribution in [0.3, 0.4) is 0 Å². The summed E-state index contributed by atoms with van der Waals surface area (Å²) in [5, 5.41) is 0. The molecule has 0 N–H and O–H groups in total. The second-order valence-corrected chi connectivity index (χ2v) is 2.86. The largest absolute Gasteiger partial charge is 0.740 e. The van der Waals surface area contributed by atoms with Gasteiger partial charge >= 0.3 is 6.18 Å². The Morgan fingerprint density at radius 2 is 1.86 bits per heavy atom. The van der Waals surface area contributed by atoms with E-state index in [-0.39, 0.29) is 0 Å². The first-order chi connectivity index (χ1) is 6.41. The number of hydrogen-bond donors (Lipinski definition) is 0. The van der Waals surface area contributed by atoms with Crippen molar-refractivity contribution in [3.63, 3.8) is 0 Å². The SMILES string of the molecule is O=S([O-])Oc1ccccc1C(F)(F)F. The predicted molar refractivity (Wildman–Crippen MR) is 41.0 cm³/mol. The molecule has 0 fully saturated rings. The molecular weight excluding hydrogens is 221 g/mol. The lowest BCUT2D eigenvalue weighted by molar-refractivity contribution is -0.138. The summed E-state index contributed by atoms with van der Waals surface area (Å²) in [7, 11) is 0. The minimum Gasteiger partial charge on any atom is -0.740 e. The number of benzene rings is 1. The molecule has 3 nitrogen and oxygen atoms in total. The van der Waals surface area contributed by atoms with Crippen molar-refractivity contribution in [3.8, 4) is 5.75 Å². The molecule has 0 aliphatic carbocycles. The molecule has 14 heavy (non-hydrogen) atoms. The van der Waals surface area contributed by atoms with Crippen LogP contribution in [0.15, 0.2) is 24.3 Å². The molecule has 1 aromatic rings. The van der Waals surface area contributed by atoms with Crippen LogP contribution < -0.4 is 4.18 Å². The molecular formula is C7H4F3O3S-. The van der Waals surface area contributed by atoms with E-state index in [4.69, 9.17) is 0 Å². The molecule has 0 radical (unpaired) electrons. The molecule has 78 valence electrons. The third kappa shape index (κ3) is 2.71. The quantitative estimate of drug-likeness (QED) is 0.722. The van der Waals surface area contributed by atoms with Crippen LogP contribution >= 0.6 is 0 Å². The first-order valence-corrected chi connectivity index (χ1v) is 4.35. The molecule has 1 rings (SSSR count). The van der Waals surface area contributed by atoms with Crippen molar-refractivity contribution in [2.75, 3.05) is 0 Å². The molecule has 0 heterocycles. The highest BCUT2D eigenvalue weighted by atomic mass is 32.2. The van der Waals surface area contributed by atoms with Gasteiger partial charge in [0.25, 0.3) is 0 Å². The van der Waals surface area contributed by atoms with Gasteiger partial charge in [0, 0.05) is 0 Å². The summed E-state index contributed by atoms with van der Waals surface area (Å²) < 4.78 is 60.7. The van der Waals surface area contributed by atoms with Crippen molar-refractivity contribution >= 4 is 11.4 Å². The third-order valence-electron chi connectivity index (χ3n) is 1.35. The maximum absolute atomic E-state index is 12.2. The highest BCUT2D eigenvalue weighted by Gasteiger charge is 2.34. The van der Waals surface area contributed by atoms with E-state index in [1.54, 1.807) is 0 Å². The number of rotatable bonds is 2. The van der Waals surface area contributed by atoms with Crippen molar-refractivity contribution in [1.29, 1.82) is 0 Å². The van der Waals surface area contributed by atoms with Gasteiger partial charge in [0.05, 0.1) is 5.56 Å². The van der Waals surface area contributed by atoms with E-state index in [9.17, 15) is 21.9 Å². The fourth-order valence-corrected chi connectivity index (χ4v) is 1.14. The summed E-state index contributed by atoms with van der Waals surface area (Å²) in [4.78, 5) is 0. The van der Waals surface area contributed by atoms with E-state index < -0.39 is 28.9 Å². The van der Waals surface area contributed by atoms with Gasteiger partial charge in [0.15, 0.2) is 5.75 Å². The topological polar surface area (TPSA) is 49.4 Å². The summed E-state index contributed by atoms with van der Waals surface area (Å²) in [5.74, 6) is -0.728. The van der Waals surface area contributed by atoms with Crippen molar-refractivity contribution in [2.45, 2.75) is 6.18 Å². The van der Waals surface area contributed by atoms with Crippen molar-refractivity contribution in [3.05, 3.63) is 29.8 Å². The Bertz CT molecular complexity index is 350. The molecule has 1 atom stereocenters. The molecule has 0 aliphatic heterocycles. The summed E-state index contributed by atoms with van der Waals surface area (Å²) in [6.45, 7) is 0. The second-order valence-electron chi connectivity index (χ2n) is 2.28. The van der Waals surface area contributed by atoms with Crippen LogP contribution in [0.4, 0.5) is 13.2 Å². The standard InChI is InChI=1S/C7H5F3O3S/c8-7(9,10)5-3-1-2-4-6(5)13-14(11)12/h1-4H,(H,11,12)/p-1. The Balaban J connectivity index is 3.10. The van der Waals surface area contributed by atoms with E-state index in [2.05, 4.69) is 4.18 Å². The Morgan fingerprint density at radius 3 is 2.36 bits per heavy atom. The van der Waals surface area contributed by atoms with Crippen LogP contribution in [-0.2, 0) is 17.5 Å². The first-order valence-electron chi connectivity index (χ1n) is 3.35. The molecule has 7 heteroatoms. The average Bonchev–Trinajstić information content (AvgIpc) is 2.01. The van der Waals surface area contributed by atoms with Crippen LogP contribution in [0.1, 0.15) is 5.56 Å². The zero-order valence-electron chi connectivity index (χ0n) is 6.58. The third-order valence-corrected chi connectivity index (χ3v) is 1.67. The highest BCUT2D eigenvalue weighted by molar-refractivity contribution is 7.74. The molecule has 0 spiro atoms. The monoisotopic (exact) mass is 225 g/mol. The van der Waals surface area contributed by atoms with Crippen LogP contribution in [0.5, 0.6) is 5.75 Å². The molecule has 0 aromatic heterocycles. The number of alkyl halides is 3. The summed E-state index contributed by atoms with van der Waals surface area (Å²) in [6.07, 6.45) is -4.63. The Hall–Kier alpha value is -1.08. The van der Waals surface area contributed by atoms with Gasteiger partial charge in [-0.15, -0.1) is 0 Å². The van der Waals surface area contributed by atoms with Gasteiger partial charge in [0.2, 0.25) is 0 Å². The number of hydrogen-bond acceptors (Lipinski definition) is 3. The molecule has 0 bridgehead atoms. The zero-order valence-corrected chi connectivity index (χ0v) is 7.39. The first kappa shape index (κ1) is 11.0. The summed E-state index contributed by atoms with van der Waals surface area (Å²) in [5.41, 5.74) is -1.12. The smallest absolute Gasteiger partial charge is 0.420 e. The van der Waals surface area contributed by atoms with Gasteiger partial charge < -0.3 is 8.74 Å².